The van der Waals surface area contributed by atoms with Gasteiger partial charge in [-0.15, -0.1) is 0 Å². The molecule has 1 N–H and O–H groups in total. The van der Waals surface area contributed by atoms with Crippen LogP contribution in [0.15, 0.2) is 23.3 Å². The van der Waals surface area contributed by atoms with E-state index >= 15 is 0 Å². The third-order valence-corrected chi connectivity index (χ3v) is 2.23. The fourth-order valence-electron chi connectivity index (χ4n) is 1.44. The standard InChI is InChI=1S/C12H15FN2O2/c1-8(2)12(15-14-7-16)9-4-5-10(13)11(6-9)17-3/h4-8H,1-3H3,(H,14,16)/b15-12+. The highest BCUT2D eigenvalue weighted by molar-refractivity contribution is 6.02. The number of nitrogens with zero attached hydrogens (tertiary/aromatic N) is 1. The molecule has 0 radical (unpaired) electrons. The van der Waals surface area contributed by atoms with E-state index in [1.807, 2.05) is 13.8 Å². The molecule has 92 valence electrons. The number of benzene rings is 1. The van der Waals surface area contributed by atoms with E-state index in [-0.39, 0.29) is 11.7 Å². The van der Waals surface area contributed by atoms with E-state index in [1.165, 1.54) is 13.2 Å². The fourth-order valence-corrected chi connectivity index (χ4v) is 1.44. The largest absolute Gasteiger partial charge is 0.494 e. The molecule has 1 amide bonds. The van der Waals surface area contributed by atoms with Gasteiger partial charge in [-0.05, 0) is 24.1 Å². The van der Waals surface area contributed by atoms with Crippen molar-refractivity contribution in [2.75, 3.05) is 7.11 Å². The Morgan fingerprint density at radius 2 is 2.24 bits per heavy atom. The maximum atomic E-state index is 13.2. The highest BCUT2D eigenvalue weighted by atomic mass is 19.1. The van der Waals surface area contributed by atoms with Crippen LogP contribution in [0.3, 0.4) is 0 Å². The fraction of sp³-hybridized carbons (Fsp3) is 0.333. The average molecular weight is 238 g/mol. The number of carbonyl (C=O) groups is 1. The summed E-state index contributed by atoms with van der Waals surface area (Å²) in [6.45, 7) is 3.86. The monoisotopic (exact) mass is 238 g/mol. The van der Waals surface area contributed by atoms with Gasteiger partial charge >= 0.3 is 0 Å². The molecule has 1 aromatic carbocycles. The molecule has 1 rings (SSSR count). The minimum Gasteiger partial charge on any atom is -0.494 e. The van der Waals surface area contributed by atoms with Crippen molar-refractivity contribution in [3.8, 4) is 5.75 Å². The number of amides is 1. The van der Waals surface area contributed by atoms with E-state index in [4.69, 9.17) is 4.74 Å². The van der Waals surface area contributed by atoms with Crippen molar-refractivity contribution < 1.29 is 13.9 Å². The zero-order chi connectivity index (χ0) is 12.8. The van der Waals surface area contributed by atoms with Crippen LogP contribution in [-0.2, 0) is 4.79 Å². The first-order chi connectivity index (χ1) is 8.10. The van der Waals surface area contributed by atoms with Gasteiger partial charge in [-0.25, -0.2) is 9.82 Å². The van der Waals surface area contributed by atoms with E-state index in [9.17, 15) is 9.18 Å². The van der Waals surface area contributed by atoms with Crippen LogP contribution < -0.4 is 10.2 Å². The van der Waals surface area contributed by atoms with Gasteiger partial charge in [0.05, 0.1) is 12.8 Å². The first-order valence-electron chi connectivity index (χ1n) is 5.20. The van der Waals surface area contributed by atoms with Crippen LogP contribution in [0, 0.1) is 11.7 Å². The molecule has 0 saturated carbocycles. The maximum absolute atomic E-state index is 13.2. The number of carbonyl (C=O) groups excluding carboxylic acids is 1. The van der Waals surface area contributed by atoms with Gasteiger partial charge in [0.2, 0.25) is 6.41 Å². The zero-order valence-electron chi connectivity index (χ0n) is 10.0. The van der Waals surface area contributed by atoms with Crippen LogP contribution in [0.25, 0.3) is 0 Å². The lowest BCUT2D eigenvalue weighted by Crippen LogP contribution is -2.15. The number of rotatable bonds is 5. The molecule has 0 bridgehead atoms. The summed E-state index contributed by atoms with van der Waals surface area (Å²) in [6.07, 6.45) is 0.489. The van der Waals surface area contributed by atoms with Crippen LogP contribution >= 0.6 is 0 Å². The molecule has 0 atom stereocenters. The number of methoxy groups -OCH3 is 1. The molecule has 1 aromatic rings. The molecule has 0 aliphatic carbocycles. The van der Waals surface area contributed by atoms with E-state index < -0.39 is 5.82 Å². The number of nitrogens with one attached hydrogen (secondary N) is 1. The normalized spacial score (nSPS) is 11.5. The van der Waals surface area contributed by atoms with Gasteiger partial charge in [-0.1, -0.05) is 13.8 Å². The second-order valence-electron chi connectivity index (χ2n) is 3.75. The minimum absolute atomic E-state index is 0.0950. The lowest BCUT2D eigenvalue weighted by Gasteiger charge is -2.11. The lowest BCUT2D eigenvalue weighted by molar-refractivity contribution is -0.109. The van der Waals surface area contributed by atoms with E-state index in [1.54, 1.807) is 12.1 Å². The van der Waals surface area contributed by atoms with Gasteiger partial charge in [0.1, 0.15) is 0 Å². The summed E-state index contributed by atoms with van der Waals surface area (Å²) in [6, 6.07) is 4.47. The third kappa shape index (κ3) is 3.27. The summed E-state index contributed by atoms with van der Waals surface area (Å²) >= 11 is 0. The Bertz CT molecular complexity index is 431. The topological polar surface area (TPSA) is 50.7 Å². The second kappa shape index (κ2) is 5.98. The van der Waals surface area contributed by atoms with Crippen molar-refractivity contribution in [3.63, 3.8) is 0 Å². The molecular weight excluding hydrogens is 223 g/mol. The SMILES string of the molecule is COc1cc(/C(=N/NC=O)C(C)C)ccc1F. The Labute approximate surface area is 99.5 Å². The molecule has 0 unspecified atom stereocenters. The Hall–Kier alpha value is -1.91. The van der Waals surface area contributed by atoms with Crippen LogP contribution in [0.4, 0.5) is 4.39 Å². The zero-order valence-corrected chi connectivity index (χ0v) is 10.0. The first-order valence-corrected chi connectivity index (χ1v) is 5.20. The summed E-state index contributed by atoms with van der Waals surface area (Å²) in [7, 11) is 1.40. The van der Waals surface area contributed by atoms with Crippen molar-refractivity contribution in [3.05, 3.63) is 29.6 Å². The average Bonchev–Trinajstić information content (AvgIpc) is 2.31. The Kier molecular flexibility index (Phi) is 4.63. The van der Waals surface area contributed by atoms with Gasteiger partial charge in [0.25, 0.3) is 0 Å². The van der Waals surface area contributed by atoms with Gasteiger partial charge in [0, 0.05) is 5.56 Å². The van der Waals surface area contributed by atoms with Gasteiger partial charge in [0.15, 0.2) is 11.6 Å². The van der Waals surface area contributed by atoms with Crippen molar-refractivity contribution in [1.82, 2.24) is 5.43 Å². The Morgan fingerprint density at radius 3 is 2.76 bits per heavy atom. The smallest absolute Gasteiger partial charge is 0.227 e. The summed E-state index contributed by atoms with van der Waals surface area (Å²) in [5.41, 5.74) is 3.63. The lowest BCUT2D eigenvalue weighted by atomic mass is 10.00. The molecule has 17 heavy (non-hydrogen) atoms. The van der Waals surface area contributed by atoms with Crippen LogP contribution in [0.1, 0.15) is 19.4 Å². The van der Waals surface area contributed by atoms with Crippen LogP contribution in [0.2, 0.25) is 0 Å². The van der Waals surface area contributed by atoms with Gasteiger partial charge in [-0.3, -0.25) is 4.79 Å². The van der Waals surface area contributed by atoms with Gasteiger partial charge in [-0.2, -0.15) is 5.10 Å². The number of hydrogen-bond donors (Lipinski definition) is 1. The summed E-state index contributed by atoms with van der Waals surface area (Å²) < 4.78 is 18.1. The first kappa shape index (κ1) is 13.2. The highest BCUT2D eigenvalue weighted by Gasteiger charge is 2.12. The number of ether oxygens (including phenoxy) is 1. The van der Waals surface area contributed by atoms with Crippen molar-refractivity contribution in [2.24, 2.45) is 11.0 Å². The quantitative estimate of drug-likeness (QED) is 0.484. The number of hydrazone groups is 1. The molecule has 0 aliphatic heterocycles. The number of halogens is 1. The van der Waals surface area contributed by atoms with Crippen LogP contribution in [0.5, 0.6) is 5.75 Å². The van der Waals surface area contributed by atoms with E-state index in [0.717, 1.165) is 0 Å². The molecule has 0 heterocycles. The predicted octanol–water partition coefficient (Wildman–Crippen LogP) is 1.94. The molecule has 5 heteroatoms. The molecule has 0 aliphatic rings. The van der Waals surface area contributed by atoms with Crippen molar-refractivity contribution >= 4 is 12.1 Å². The maximum Gasteiger partial charge on any atom is 0.227 e. The van der Waals surface area contributed by atoms with Crippen molar-refractivity contribution in [2.45, 2.75) is 13.8 Å². The van der Waals surface area contributed by atoms with E-state index in [2.05, 4.69) is 10.5 Å². The van der Waals surface area contributed by atoms with Gasteiger partial charge < -0.3 is 4.74 Å². The van der Waals surface area contributed by atoms with Crippen molar-refractivity contribution in [1.29, 1.82) is 0 Å². The summed E-state index contributed by atoms with van der Waals surface area (Å²) in [5.74, 6) is -0.178. The molecule has 0 saturated heterocycles. The van der Waals surface area contributed by atoms with E-state index in [0.29, 0.717) is 17.7 Å². The Morgan fingerprint density at radius 1 is 1.53 bits per heavy atom. The summed E-state index contributed by atoms with van der Waals surface area (Å²) in [5, 5.41) is 3.94. The van der Waals surface area contributed by atoms with Crippen LogP contribution in [-0.4, -0.2) is 19.2 Å². The molecule has 4 nitrogen and oxygen atoms in total. The molecule has 0 fully saturated rings. The Balaban J connectivity index is 3.15. The third-order valence-electron chi connectivity index (χ3n) is 2.23. The highest BCUT2D eigenvalue weighted by Crippen LogP contribution is 2.20. The predicted molar refractivity (Wildman–Crippen MR) is 63.5 cm³/mol. The second-order valence-corrected chi connectivity index (χ2v) is 3.75. The summed E-state index contributed by atoms with van der Waals surface area (Å²) in [4.78, 5) is 10.2. The molecule has 0 aromatic heterocycles. The molecule has 0 spiro atoms. The minimum atomic E-state index is -0.428. The molecular formula is C12H15FN2O2. The number of hydrogen-bond acceptors (Lipinski definition) is 3.